The van der Waals surface area contributed by atoms with Crippen molar-refractivity contribution in [3.63, 3.8) is 0 Å². The summed E-state index contributed by atoms with van der Waals surface area (Å²) in [6.07, 6.45) is 4.21. The highest BCUT2D eigenvalue weighted by molar-refractivity contribution is 7.87. The maximum Gasteiger partial charge on any atom is 0.277 e. The molecule has 0 aliphatic heterocycles. The molecule has 0 unspecified atom stereocenters. The molecule has 4 N–H and O–H groups in total. The van der Waals surface area contributed by atoms with Crippen molar-refractivity contribution in [1.29, 1.82) is 0 Å². The molecule has 2 aromatic carbocycles. The third-order valence-corrected chi connectivity index (χ3v) is 8.35. The maximum atomic E-state index is 13.0. The number of nitrogens with zero attached hydrogens (tertiary/aromatic N) is 2. The van der Waals surface area contributed by atoms with Crippen molar-refractivity contribution >= 4 is 33.7 Å². The number of aromatic nitrogens is 2. The SMILES string of the molecule is COc1ccccc1C(=O)NC[C@]1(c2ccccc2)CC[C@H](NS(=O)(=O)NCCNc2nccc(Cl)n2)CC1. The Labute approximate surface area is 234 Å². The second-order valence-electron chi connectivity index (χ2n) is 9.45. The molecule has 1 aliphatic rings. The second kappa shape index (κ2) is 13.2. The van der Waals surface area contributed by atoms with Gasteiger partial charge in [-0.05, 0) is 49.4 Å². The van der Waals surface area contributed by atoms with Crippen LogP contribution in [0.4, 0.5) is 5.95 Å². The number of rotatable bonds is 12. The van der Waals surface area contributed by atoms with Crippen LogP contribution in [0, 0.1) is 0 Å². The van der Waals surface area contributed by atoms with Crippen LogP contribution in [-0.4, -0.2) is 57.1 Å². The Hall–Kier alpha value is -3.25. The van der Waals surface area contributed by atoms with Gasteiger partial charge in [-0.25, -0.2) is 14.7 Å². The Balaban J connectivity index is 1.33. The smallest absolute Gasteiger partial charge is 0.277 e. The van der Waals surface area contributed by atoms with Crippen molar-refractivity contribution < 1.29 is 17.9 Å². The first kappa shape index (κ1) is 28.8. The van der Waals surface area contributed by atoms with Crippen LogP contribution in [0.1, 0.15) is 41.6 Å². The highest BCUT2D eigenvalue weighted by Crippen LogP contribution is 2.39. The lowest BCUT2D eigenvalue weighted by molar-refractivity contribution is 0.0932. The van der Waals surface area contributed by atoms with Crippen molar-refractivity contribution in [2.75, 3.05) is 32.1 Å². The van der Waals surface area contributed by atoms with Gasteiger partial charge in [0.15, 0.2) is 0 Å². The van der Waals surface area contributed by atoms with E-state index in [-0.39, 0.29) is 23.9 Å². The molecule has 1 fully saturated rings. The van der Waals surface area contributed by atoms with E-state index in [1.54, 1.807) is 31.4 Å². The second-order valence-corrected chi connectivity index (χ2v) is 11.4. The van der Waals surface area contributed by atoms with E-state index in [0.717, 1.165) is 5.56 Å². The fourth-order valence-electron chi connectivity index (χ4n) is 4.87. The van der Waals surface area contributed by atoms with Crippen LogP contribution in [0.5, 0.6) is 5.75 Å². The van der Waals surface area contributed by atoms with E-state index in [1.807, 2.05) is 24.3 Å². The van der Waals surface area contributed by atoms with E-state index in [1.165, 1.54) is 6.20 Å². The Morgan fingerprint density at radius 3 is 2.49 bits per heavy atom. The van der Waals surface area contributed by atoms with Gasteiger partial charge in [-0.15, -0.1) is 0 Å². The zero-order chi connectivity index (χ0) is 27.7. The predicted molar refractivity (Wildman–Crippen MR) is 151 cm³/mol. The molecule has 1 heterocycles. The molecule has 0 atom stereocenters. The molecule has 10 nitrogen and oxygen atoms in total. The van der Waals surface area contributed by atoms with Crippen LogP contribution in [-0.2, 0) is 15.6 Å². The van der Waals surface area contributed by atoms with Crippen molar-refractivity contribution in [2.24, 2.45) is 0 Å². The summed E-state index contributed by atoms with van der Waals surface area (Å²) in [7, 11) is -2.17. The average molecular weight is 573 g/mol. The fraction of sp³-hybridized carbons (Fsp3) is 0.370. The third-order valence-electron chi connectivity index (χ3n) is 6.91. The van der Waals surface area contributed by atoms with Crippen molar-refractivity contribution in [3.05, 3.63) is 83.1 Å². The number of anilines is 1. The highest BCUT2D eigenvalue weighted by atomic mass is 35.5. The summed E-state index contributed by atoms with van der Waals surface area (Å²) >= 11 is 5.84. The molecule has 208 valence electrons. The number of benzene rings is 2. The summed E-state index contributed by atoms with van der Waals surface area (Å²) in [5.41, 5.74) is 1.29. The molecule has 1 amide bonds. The van der Waals surface area contributed by atoms with Crippen LogP contribution in [0.3, 0.4) is 0 Å². The predicted octanol–water partition coefficient (Wildman–Crippen LogP) is 3.29. The van der Waals surface area contributed by atoms with Gasteiger partial charge in [-0.1, -0.05) is 54.1 Å². The highest BCUT2D eigenvalue weighted by Gasteiger charge is 2.38. The quantitative estimate of drug-likeness (QED) is 0.193. The van der Waals surface area contributed by atoms with Crippen molar-refractivity contribution in [2.45, 2.75) is 37.1 Å². The maximum absolute atomic E-state index is 13.0. The zero-order valence-electron chi connectivity index (χ0n) is 21.7. The molecular weight excluding hydrogens is 540 g/mol. The number of methoxy groups -OCH3 is 1. The van der Waals surface area contributed by atoms with E-state index in [2.05, 4.69) is 42.2 Å². The lowest BCUT2D eigenvalue weighted by atomic mass is 9.68. The van der Waals surface area contributed by atoms with Gasteiger partial charge >= 0.3 is 0 Å². The standard InChI is InChI=1S/C27H33ClN6O4S/c1-38-23-10-6-5-9-22(23)25(35)31-19-27(20-7-3-2-4-8-20)14-11-21(12-15-27)34-39(36,37)32-18-17-30-26-29-16-13-24(28)33-26/h2-10,13,16,21,32,34H,11-12,14-15,17-19H2,1H3,(H,31,35)(H,29,30,33)/t21-,27-. The Morgan fingerprint density at radius 2 is 1.77 bits per heavy atom. The van der Waals surface area contributed by atoms with E-state index in [9.17, 15) is 13.2 Å². The zero-order valence-corrected chi connectivity index (χ0v) is 23.3. The normalized spacial score (nSPS) is 19.3. The number of carbonyl (C=O) groups is 1. The van der Waals surface area contributed by atoms with Gasteiger partial charge in [0.1, 0.15) is 10.9 Å². The molecule has 39 heavy (non-hydrogen) atoms. The molecule has 3 aromatic rings. The van der Waals surface area contributed by atoms with E-state index >= 15 is 0 Å². The summed E-state index contributed by atoms with van der Waals surface area (Å²) in [5.74, 6) is 0.647. The molecule has 1 aromatic heterocycles. The van der Waals surface area contributed by atoms with Crippen LogP contribution in [0.2, 0.25) is 5.15 Å². The van der Waals surface area contributed by atoms with Gasteiger partial charge in [0.2, 0.25) is 5.95 Å². The van der Waals surface area contributed by atoms with Crippen LogP contribution < -0.4 is 24.8 Å². The largest absolute Gasteiger partial charge is 0.496 e. The van der Waals surface area contributed by atoms with Crippen molar-refractivity contribution in [3.8, 4) is 5.75 Å². The lowest BCUT2D eigenvalue weighted by Gasteiger charge is -2.41. The van der Waals surface area contributed by atoms with Gasteiger partial charge in [0.05, 0.1) is 12.7 Å². The third kappa shape index (κ3) is 7.89. The minimum absolute atomic E-state index is 0.154. The molecule has 0 bridgehead atoms. The molecule has 12 heteroatoms. The topological polar surface area (TPSA) is 134 Å². The van der Waals surface area contributed by atoms with E-state index in [0.29, 0.717) is 61.2 Å². The number of amides is 1. The number of hydrogen-bond donors (Lipinski definition) is 4. The van der Waals surface area contributed by atoms with Gasteiger partial charge < -0.3 is 15.4 Å². The first-order valence-corrected chi connectivity index (χ1v) is 14.6. The monoisotopic (exact) mass is 572 g/mol. The molecule has 0 saturated heterocycles. The Morgan fingerprint density at radius 1 is 1.05 bits per heavy atom. The van der Waals surface area contributed by atoms with E-state index in [4.69, 9.17) is 16.3 Å². The lowest BCUT2D eigenvalue weighted by Crippen LogP contribution is -2.49. The average Bonchev–Trinajstić information content (AvgIpc) is 2.95. The molecule has 0 radical (unpaired) electrons. The van der Waals surface area contributed by atoms with Gasteiger partial charge in [-0.2, -0.15) is 13.1 Å². The van der Waals surface area contributed by atoms with Gasteiger partial charge in [0.25, 0.3) is 16.1 Å². The fourth-order valence-corrected chi connectivity index (χ4v) is 6.13. The molecule has 1 aliphatic carbocycles. The molecular formula is C27H33ClN6O4S. The number of ether oxygens (including phenoxy) is 1. The first-order chi connectivity index (χ1) is 18.8. The Kier molecular flexibility index (Phi) is 9.73. The van der Waals surface area contributed by atoms with E-state index < -0.39 is 10.2 Å². The summed E-state index contributed by atoms with van der Waals surface area (Å²) in [5, 5.41) is 6.33. The summed E-state index contributed by atoms with van der Waals surface area (Å²) in [6.45, 7) is 0.888. The van der Waals surface area contributed by atoms with Gasteiger partial charge in [-0.3, -0.25) is 4.79 Å². The number of halogens is 1. The Bertz CT molecular complexity index is 1350. The van der Waals surface area contributed by atoms with Crippen LogP contribution >= 0.6 is 11.6 Å². The minimum atomic E-state index is -3.71. The number of hydrogen-bond acceptors (Lipinski definition) is 7. The van der Waals surface area contributed by atoms with Crippen LogP contribution in [0.25, 0.3) is 0 Å². The number of nitrogens with one attached hydrogen (secondary N) is 4. The minimum Gasteiger partial charge on any atom is -0.496 e. The number of carbonyl (C=O) groups excluding carboxylic acids is 1. The summed E-state index contributed by atoms with van der Waals surface area (Å²) in [4.78, 5) is 21.0. The molecule has 0 spiro atoms. The number of para-hydroxylation sites is 1. The molecule has 4 rings (SSSR count). The van der Waals surface area contributed by atoms with Crippen molar-refractivity contribution in [1.82, 2.24) is 24.7 Å². The molecule has 1 saturated carbocycles. The summed E-state index contributed by atoms with van der Waals surface area (Å²) in [6, 6.07) is 18.5. The first-order valence-electron chi connectivity index (χ1n) is 12.8. The van der Waals surface area contributed by atoms with Gasteiger partial charge in [0, 0.05) is 37.3 Å². The van der Waals surface area contributed by atoms with Crippen LogP contribution in [0.15, 0.2) is 66.9 Å². The summed E-state index contributed by atoms with van der Waals surface area (Å²) < 4.78 is 36.0.